The number of aryl methyl sites for hydroxylation is 1. The molecular weight excluding hydrogens is 340 g/mol. The van der Waals surface area contributed by atoms with E-state index in [1.54, 1.807) is 54.7 Å². The van der Waals surface area contributed by atoms with Gasteiger partial charge in [-0.15, -0.1) is 0 Å². The first-order valence-electron chi connectivity index (χ1n) is 7.73. The molecule has 0 saturated heterocycles. The number of rotatable bonds is 4. The van der Waals surface area contributed by atoms with Gasteiger partial charge in [-0.05, 0) is 31.2 Å². The first-order chi connectivity index (χ1) is 11.9. The minimum absolute atomic E-state index is 0.0852. The molecule has 0 radical (unpaired) electrons. The summed E-state index contributed by atoms with van der Waals surface area (Å²) in [5, 5.41) is 0. The van der Waals surface area contributed by atoms with Gasteiger partial charge in [0.2, 0.25) is 10.0 Å². The molecule has 2 aromatic rings. The minimum Gasteiger partial charge on any atom is -0.466 e. The molecule has 130 valence electrons. The van der Waals surface area contributed by atoms with Crippen molar-refractivity contribution >= 4 is 16.0 Å². The number of ether oxygens (including phenoxy) is 1. The number of esters is 1. The molecule has 6 nitrogen and oxygen atoms in total. The Kier molecular flexibility index (Phi) is 4.69. The molecule has 0 spiro atoms. The number of hydrogen-bond acceptors (Lipinski definition) is 5. The molecule has 1 aromatic carbocycles. The Morgan fingerprint density at radius 1 is 1.20 bits per heavy atom. The number of carbonyl (C=O) groups excluding carboxylic acids is 1. The minimum atomic E-state index is -3.79. The van der Waals surface area contributed by atoms with Gasteiger partial charge in [-0.1, -0.05) is 29.8 Å². The Morgan fingerprint density at radius 3 is 2.52 bits per heavy atom. The lowest BCUT2D eigenvalue weighted by molar-refractivity contribution is -0.136. The molecule has 2 heterocycles. The smallest absolute Gasteiger partial charge is 0.335 e. The van der Waals surface area contributed by atoms with E-state index in [1.807, 2.05) is 6.92 Å². The van der Waals surface area contributed by atoms with Crippen LogP contribution in [0.25, 0.3) is 0 Å². The van der Waals surface area contributed by atoms with Crippen molar-refractivity contribution in [2.75, 3.05) is 13.7 Å². The Hall–Kier alpha value is -2.51. The number of aromatic nitrogens is 1. The van der Waals surface area contributed by atoms with Crippen molar-refractivity contribution in [3.8, 4) is 0 Å². The third kappa shape index (κ3) is 3.20. The van der Waals surface area contributed by atoms with Crippen molar-refractivity contribution in [1.29, 1.82) is 0 Å². The number of carbonyl (C=O) groups is 1. The fourth-order valence-corrected chi connectivity index (χ4v) is 4.32. The molecule has 0 fully saturated rings. The van der Waals surface area contributed by atoms with E-state index in [0.29, 0.717) is 5.69 Å². The predicted octanol–water partition coefficient (Wildman–Crippen LogP) is 2.24. The molecule has 1 atom stereocenters. The third-order valence-electron chi connectivity index (χ3n) is 4.09. The number of methoxy groups -OCH3 is 1. The molecular formula is C18H18N2O4S. The van der Waals surface area contributed by atoms with Crippen LogP contribution in [-0.2, 0) is 19.6 Å². The number of hydrogen-bond donors (Lipinski definition) is 0. The Bertz CT molecular complexity index is 906. The summed E-state index contributed by atoms with van der Waals surface area (Å²) in [5.74, 6) is -0.558. The standard InChI is InChI=1S/C18H18N2O4S/c1-13-6-8-14(9-7-13)25(22,23)20-12-10-15(18(21)24-2)17(20)16-5-3-4-11-19-16/h3-11,17H,12H2,1-2H3. The third-order valence-corrected chi connectivity index (χ3v) is 5.94. The van der Waals surface area contributed by atoms with E-state index in [2.05, 4.69) is 4.98 Å². The highest BCUT2D eigenvalue weighted by molar-refractivity contribution is 7.89. The lowest BCUT2D eigenvalue weighted by atomic mass is 10.1. The molecule has 0 N–H and O–H groups in total. The second-order valence-electron chi connectivity index (χ2n) is 5.70. The Labute approximate surface area is 146 Å². The lowest BCUT2D eigenvalue weighted by Crippen LogP contribution is -2.33. The highest BCUT2D eigenvalue weighted by Crippen LogP contribution is 2.37. The summed E-state index contributed by atoms with van der Waals surface area (Å²) >= 11 is 0. The van der Waals surface area contributed by atoms with Crippen molar-refractivity contribution in [2.24, 2.45) is 0 Å². The molecule has 0 saturated carbocycles. The van der Waals surface area contributed by atoms with Crippen LogP contribution in [0.5, 0.6) is 0 Å². The molecule has 3 rings (SSSR count). The zero-order valence-electron chi connectivity index (χ0n) is 13.9. The number of nitrogens with zero attached hydrogens (tertiary/aromatic N) is 2. The van der Waals surface area contributed by atoms with Gasteiger partial charge in [0, 0.05) is 12.7 Å². The first kappa shape index (κ1) is 17.3. The summed E-state index contributed by atoms with van der Waals surface area (Å²) in [7, 11) is -2.52. The molecule has 0 bridgehead atoms. The second-order valence-corrected chi connectivity index (χ2v) is 7.59. The van der Waals surface area contributed by atoms with Gasteiger partial charge < -0.3 is 4.74 Å². The summed E-state index contributed by atoms with van der Waals surface area (Å²) in [4.78, 5) is 16.5. The normalized spacial score (nSPS) is 18.0. The van der Waals surface area contributed by atoms with Crippen molar-refractivity contribution < 1.29 is 17.9 Å². The number of sulfonamides is 1. The van der Waals surface area contributed by atoms with Crippen LogP contribution in [0.2, 0.25) is 0 Å². The highest BCUT2D eigenvalue weighted by atomic mass is 32.2. The molecule has 0 aliphatic carbocycles. The van der Waals surface area contributed by atoms with Gasteiger partial charge in [0.15, 0.2) is 0 Å². The van der Waals surface area contributed by atoms with Gasteiger partial charge in [0.25, 0.3) is 0 Å². The van der Waals surface area contributed by atoms with Crippen molar-refractivity contribution in [1.82, 2.24) is 9.29 Å². The van der Waals surface area contributed by atoms with Crippen LogP contribution >= 0.6 is 0 Å². The summed E-state index contributed by atoms with van der Waals surface area (Å²) in [6.07, 6.45) is 3.15. The molecule has 0 amide bonds. The highest BCUT2D eigenvalue weighted by Gasteiger charge is 2.41. The quantitative estimate of drug-likeness (QED) is 0.784. The summed E-state index contributed by atoms with van der Waals surface area (Å²) < 4.78 is 32.3. The zero-order valence-corrected chi connectivity index (χ0v) is 14.7. The van der Waals surface area contributed by atoms with Gasteiger partial charge >= 0.3 is 5.97 Å². The van der Waals surface area contributed by atoms with Crippen LogP contribution in [0.3, 0.4) is 0 Å². The Morgan fingerprint density at radius 2 is 1.92 bits per heavy atom. The molecule has 1 unspecified atom stereocenters. The first-order valence-corrected chi connectivity index (χ1v) is 9.17. The van der Waals surface area contributed by atoms with Crippen LogP contribution in [0.15, 0.2) is 65.2 Å². The monoisotopic (exact) mass is 358 g/mol. The summed E-state index contributed by atoms with van der Waals surface area (Å²) in [6, 6.07) is 11.0. The van der Waals surface area contributed by atoms with Crippen molar-refractivity contribution in [2.45, 2.75) is 17.9 Å². The Balaban J connectivity index is 2.06. The van der Waals surface area contributed by atoms with E-state index in [0.717, 1.165) is 5.56 Å². The average molecular weight is 358 g/mol. The van der Waals surface area contributed by atoms with Crippen LogP contribution in [0, 0.1) is 6.92 Å². The fourth-order valence-electron chi connectivity index (χ4n) is 2.80. The summed E-state index contributed by atoms with van der Waals surface area (Å²) in [6.45, 7) is 1.97. The van der Waals surface area contributed by atoms with E-state index in [9.17, 15) is 13.2 Å². The van der Waals surface area contributed by atoms with Crippen LogP contribution in [0.1, 0.15) is 17.3 Å². The summed E-state index contributed by atoms with van der Waals surface area (Å²) in [5.41, 5.74) is 1.72. The maximum absolute atomic E-state index is 13.1. The maximum Gasteiger partial charge on any atom is 0.335 e. The van der Waals surface area contributed by atoms with Crippen LogP contribution in [0.4, 0.5) is 0 Å². The van der Waals surface area contributed by atoms with E-state index >= 15 is 0 Å². The van der Waals surface area contributed by atoms with E-state index in [-0.39, 0.29) is 17.0 Å². The molecule has 7 heteroatoms. The van der Waals surface area contributed by atoms with Crippen molar-refractivity contribution in [3.05, 3.63) is 71.6 Å². The van der Waals surface area contributed by atoms with Gasteiger partial charge in [-0.25, -0.2) is 13.2 Å². The van der Waals surface area contributed by atoms with Crippen LogP contribution < -0.4 is 0 Å². The topological polar surface area (TPSA) is 76.6 Å². The number of benzene rings is 1. The average Bonchev–Trinajstić information content (AvgIpc) is 3.08. The molecule has 1 aliphatic rings. The van der Waals surface area contributed by atoms with Gasteiger partial charge in [0.1, 0.15) is 0 Å². The zero-order chi connectivity index (χ0) is 18.0. The molecule has 25 heavy (non-hydrogen) atoms. The second kappa shape index (κ2) is 6.78. The van der Waals surface area contributed by atoms with E-state index in [4.69, 9.17) is 4.74 Å². The molecule has 1 aromatic heterocycles. The lowest BCUT2D eigenvalue weighted by Gasteiger charge is -2.25. The SMILES string of the molecule is COC(=O)C1=CCN(S(=O)(=O)c2ccc(C)cc2)C1c1ccccn1. The van der Waals surface area contributed by atoms with Crippen LogP contribution in [-0.4, -0.2) is 37.3 Å². The predicted molar refractivity (Wildman–Crippen MR) is 92.1 cm³/mol. The largest absolute Gasteiger partial charge is 0.466 e. The number of pyridine rings is 1. The van der Waals surface area contributed by atoms with Gasteiger partial charge in [0.05, 0.1) is 29.3 Å². The van der Waals surface area contributed by atoms with E-state index in [1.165, 1.54) is 11.4 Å². The van der Waals surface area contributed by atoms with E-state index < -0.39 is 22.0 Å². The fraction of sp³-hybridized carbons (Fsp3) is 0.222. The van der Waals surface area contributed by atoms with Gasteiger partial charge in [-0.3, -0.25) is 4.98 Å². The van der Waals surface area contributed by atoms with Gasteiger partial charge in [-0.2, -0.15) is 4.31 Å². The van der Waals surface area contributed by atoms with Crippen molar-refractivity contribution in [3.63, 3.8) is 0 Å². The molecule has 1 aliphatic heterocycles. The maximum atomic E-state index is 13.1.